The zero-order chi connectivity index (χ0) is 18.5. The highest BCUT2D eigenvalue weighted by atomic mass is 16.2. The van der Waals surface area contributed by atoms with Crippen molar-refractivity contribution in [2.75, 3.05) is 11.9 Å². The van der Waals surface area contributed by atoms with Crippen LogP contribution in [0.2, 0.25) is 0 Å². The number of ketones is 1. The van der Waals surface area contributed by atoms with Gasteiger partial charge in [0.1, 0.15) is 6.04 Å². The largest absolute Gasteiger partial charge is 0.332 e. The van der Waals surface area contributed by atoms with E-state index < -0.39 is 0 Å². The van der Waals surface area contributed by atoms with Crippen molar-refractivity contribution in [3.8, 4) is 0 Å². The molecule has 1 atom stereocenters. The van der Waals surface area contributed by atoms with E-state index in [-0.39, 0.29) is 24.3 Å². The third kappa shape index (κ3) is 3.98. The van der Waals surface area contributed by atoms with Crippen LogP contribution in [0.15, 0.2) is 66.7 Å². The number of benzene rings is 3. The van der Waals surface area contributed by atoms with Gasteiger partial charge in [0, 0.05) is 11.1 Å². The third-order valence-corrected chi connectivity index (χ3v) is 4.55. The monoisotopic (exact) mass is 347 g/mol. The molecule has 1 amide bonds. The van der Waals surface area contributed by atoms with E-state index in [4.69, 9.17) is 0 Å². The van der Waals surface area contributed by atoms with Gasteiger partial charge in [-0.1, -0.05) is 54.6 Å². The van der Waals surface area contributed by atoms with E-state index in [1.54, 1.807) is 18.2 Å². The van der Waals surface area contributed by atoms with Crippen molar-refractivity contribution in [1.29, 1.82) is 0 Å². The zero-order valence-electron chi connectivity index (χ0n) is 15.0. The van der Waals surface area contributed by atoms with Crippen LogP contribution in [0.25, 0.3) is 10.8 Å². The molecule has 0 heterocycles. The number of amides is 1. The topological polar surface area (TPSA) is 62.8 Å². The summed E-state index contributed by atoms with van der Waals surface area (Å²) in [5.74, 6) is -0.181. The maximum absolute atomic E-state index is 12.3. The summed E-state index contributed by atoms with van der Waals surface area (Å²) in [6.07, 6.45) is 0. The molecule has 0 aliphatic heterocycles. The van der Waals surface area contributed by atoms with Gasteiger partial charge >= 0.3 is 0 Å². The fourth-order valence-electron chi connectivity index (χ4n) is 3.16. The van der Waals surface area contributed by atoms with Crippen LogP contribution in [0, 0.1) is 0 Å². The molecular formula is C22H23N2O2+. The average Bonchev–Trinajstić information content (AvgIpc) is 2.66. The van der Waals surface area contributed by atoms with Crippen molar-refractivity contribution in [3.63, 3.8) is 0 Å². The zero-order valence-corrected chi connectivity index (χ0v) is 15.0. The summed E-state index contributed by atoms with van der Waals surface area (Å²) in [4.78, 5) is 24.0. The maximum atomic E-state index is 12.3. The van der Waals surface area contributed by atoms with Crippen molar-refractivity contribution in [2.24, 2.45) is 0 Å². The third-order valence-electron chi connectivity index (χ3n) is 4.55. The lowest BCUT2D eigenvalue weighted by Gasteiger charge is -2.14. The molecule has 0 fully saturated rings. The summed E-state index contributed by atoms with van der Waals surface area (Å²) in [5.41, 5.74) is 2.30. The normalized spacial score (nSPS) is 11.9. The lowest BCUT2D eigenvalue weighted by Crippen LogP contribution is -2.86. The molecule has 0 radical (unpaired) electrons. The van der Waals surface area contributed by atoms with Gasteiger partial charge in [0.2, 0.25) is 0 Å². The standard InChI is InChI=1S/C22H22N2O2/c1-15(18-12-7-9-17-8-3-4-11-20(17)18)23-14-22(26)24-21-13-6-5-10-19(21)16(2)25/h3-13,15,23H,14H2,1-2H3,(H,24,26)/p+1/t15-/m1/s1. The van der Waals surface area contributed by atoms with Gasteiger partial charge in [-0.15, -0.1) is 0 Å². The first kappa shape index (κ1) is 17.8. The Bertz CT molecular complexity index is 944. The van der Waals surface area contributed by atoms with Crippen molar-refractivity contribution < 1.29 is 14.9 Å². The Morgan fingerprint density at radius 1 is 0.962 bits per heavy atom. The SMILES string of the molecule is CC(=O)c1ccccc1NC(=O)C[NH2+][C@H](C)c1cccc2ccccc12. The van der Waals surface area contributed by atoms with Gasteiger partial charge < -0.3 is 10.6 Å². The van der Waals surface area contributed by atoms with Crippen molar-refractivity contribution in [2.45, 2.75) is 19.9 Å². The highest BCUT2D eigenvalue weighted by Crippen LogP contribution is 2.22. The summed E-state index contributed by atoms with van der Waals surface area (Å²) in [5, 5.41) is 7.26. The number of nitrogens with two attached hydrogens (primary N) is 1. The van der Waals surface area contributed by atoms with Crippen LogP contribution in [0.5, 0.6) is 0 Å². The van der Waals surface area contributed by atoms with E-state index in [0.717, 1.165) is 0 Å². The highest BCUT2D eigenvalue weighted by Gasteiger charge is 2.15. The lowest BCUT2D eigenvalue weighted by atomic mass is 10.00. The van der Waals surface area contributed by atoms with E-state index in [2.05, 4.69) is 36.5 Å². The van der Waals surface area contributed by atoms with Gasteiger partial charge in [-0.25, -0.2) is 0 Å². The van der Waals surface area contributed by atoms with Crippen molar-refractivity contribution >= 4 is 28.2 Å². The first-order chi connectivity index (χ1) is 12.6. The molecule has 4 heteroatoms. The molecule has 132 valence electrons. The van der Waals surface area contributed by atoms with Crippen LogP contribution in [0.3, 0.4) is 0 Å². The van der Waals surface area contributed by atoms with E-state index in [1.165, 1.54) is 23.3 Å². The molecule has 0 saturated carbocycles. The molecule has 0 aromatic heterocycles. The molecule has 3 N–H and O–H groups in total. The molecule has 26 heavy (non-hydrogen) atoms. The fourth-order valence-corrected chi connectivity index (χ4v) is 3.16. The van der Waals surface area contributed by atoms with Crippen LogP contribution < -0.4 is 10.6 Å². The summed E-state index contributed by atoms with van der Waals surface area (Å²) < 4.78 is 0. The predicted molar refractivity (Wildman–Crippen MR) is 104 cm³/mol. The molecular weight excluding hydrogens is 324 g/mol. The van der Waals surface area contributed by atoms with Crippen LogP contribution in [-0.2, 0) is 4.79 Å². The molecule has 0 aliphatic carbocycles. The molecule has 3 rings (SSSR count). The second kappa shape index (κ2) is 7.93. The molecule has 0 bridgehead atoms. The minimum absolute atomic E-state index is 0.0611. The number of Topliss-reactive ketones (excluding diaryl/α,β-unsaturated/α-hetero) is 1. The molecule has 0 saturated heterocycles. The van der Waals surface area contributed by atoms with Gasteiger partial charge in [-0.2, -0.15) is 0 Å². The number of para-hydroxylation sites is 1. The van der Waals surface area contributed by atoms with Gasteiger partial charge in [0.05, 0.1) is 5.69 Å². The number of nitrogens with one attached hydrogen (secondary N) is 1. The highest BCUT2D eigenvalue weighted by molar-refractivity contribution is 6.03. The number of quaternary nitrogens is 1. The first-order valence-corrected chi connectivity index (χ1v) is 8.77. The van der Waals surface area contributed by atoms with Gasteiger partial charge in [-0.05, 0) is 36.8 Å². The van der Waals surface area contributed by atoms with Crippen LogP contribution in [-0.4, -0.2) is 18.2 Å². The predicted octanol–water partition coefficient (Wildman–Crippen LogP) is 3.31. The Hall–Kier alpha value is -2.98. The lowest BCUT2D eigenvalue weighted by molar-refractivity contribution is -0.682. The summed E-state index contributed by atoms with van der Waals surface area (Å²) in [6, 6.07) is 21.7. The van der Waals surface area contributed by atoms with E-state index in [1.807, 2.05) is 29.6 Å². The number of carbonyl (C=O) groups excluding carboxylic acids is 2. The second-order valence-electron chi connectivity index (χ2n) is 6.45. The number of anilines is 1. The molecule has 4 nitrogen and oxygen atoms in total. The number of hydrogen-bond acceptors (Lipinski definition) is 2. The van der Waals surface area contributed by atoms with E-state index in [9.17, 15) is 9.59 Å². The maximum Gasteiger partial charge on any atom is 0.279 e. The summed E-state index contributed by atoms with van der Waals surface area (Å²) >= 11 is 0. The van der Waals surface area contributed by atoms with Crippen LogP contribution in [0.4, 0.5) is 5.69 Å². The second-order valence-corrected chi connectivity index (χ2v) is 6.45. The number of carbonyl (C=O) groups is 2. The number of fused-ring (bicyclic) bond motifs is 1. The molecule has 0 spiro atoms. The smallest absolute Gasteiger partial charge is 0.279 e. The van der Waals surface area contributed by atoms with Gasteiger partial charge in [0.15, 0.2) is 12.3 Å². The molecule has 0 unspecified atom stereocenters. The van der Waals surface area contributed by atoms with Gasteiger partial charge in [0.25, 0.3) is 5.91 Å². The average molecular weight is 347 g/mol. The number of hydrogen-bond donors (Lipinski definition) is 2. The van der Waals surface area contributed by atoms with Crippen molar-refractivity contribution in [1.82, 2.24) is 0 Å². The Kier molecular flexibility index (Phi) is 5.44. The summed E-state index contributed by atoms with van der Waals surface area (Å²) in [7, 11) is 0. The molecule has 3 aromatic carbocycles. The fraction of sp³-hybridized carbons (Fsp3) is 0.182. The van der Waals surface area contributed by atoms with E-state index in [0.29, 0.717) is 11.3 Å². The Morgan fingerprint density at radius 2 is 1.65 bits per heavy atom. The minimum Gasteiger partial charge on any atom is -0.332 e. The molecule has 0 aliphatic rings. The Labute approximate surface area is 153 Å². The minimum atomic E-state index is -0.120. The number of rotatable bonds is 6. The Balaban J connectivity index is 1.67. The quantitative estimate of drug-likeness (QED) is 0.672. The summed E-state index contributed by atoms with van der Waals surface area (Å²) in [6.45, 7) is 3.88. The molecule has 3 aromatic rings. The van der Waals surface area contributed by atoms with Gasteiger partial charge in [-0.3, -0.25) is 9.59 Å². The Morgan fingerprint density at radius 3 is 2.46 bits per heavy atom. The van der Waals surface area contributed by atoms with E-state index >= 15 is 0 Å². The van der Waals surface area contributed by atoms with Crippen LogP contribution >= 0.6 is 0 Å². The van der Waals surface area contributed by atoms with Crippen LogP contribution in [0.1, 0.15) is 35.8 Å². The van der Waals surface area contributed by atoms with Crippen molar-refractivity contribution in [3.05, 3.63) is 77.9 Å². The first-order valence-electron chi connectivity index (χ1n) is 8.77.